The molecule has 2 amide bonds. The van der Waals surface area contributed by atoms with Crippen LogP contribution in [0.3, 0.4) is 0 Å². The lowest BCUT2D eigenvalue weighted by atomic mass is 10.1. The number of amides is 2. The summed E-state index contributed by atoms with van der Waals surface area (Å²) >= 11 is 0. The quantitative estimate of drug-likeness (QED) is 0.570. The molecule has 0 saturated carbocycles. The van der Waals surface area contributed by atoms with Gasteiger partial charge in [-0.2, -0.15) is 0 Å². The van der Waals surface area contributed by atoms with Gasteiger partial charge in [-0.3, -0.25) is 13.9 Å². The standard InChI is InChI=1S/C24H33N3O5S/c1-17(2)25-24(29)19(4)26(15-20-9-7-8-18(3)14-20)23(28)16-27(33(6,30)31)21-10-12-22(32-5)13-11-21/h7-14,17,19H,15-16H2,1-6H3,(H,25,29). The molecular weight excluding hydrogens is 442 g/mol. The summed E-state index contributed by atoms with van der Waals surface area (Å²) in [5, 5.41) is 2.82. The monoisotopic (exact) mass is 475 g/mol. The average molecular weight is 476 g/mol. The third-order valence-corrected chi connectivity index (χ3v) is 6.21. The predicted molar refractivity (Wildman–Crippen MR) is 130 cm³/mol. The van der Waals surface area contributed by atoms with Crippen LogP contribution in [0, 0.1) is 6.92 Å². The van der Waals surface area contributed by atoms with Crippen LogP contribution < -0.4 is 14.4 Å². The largest absolute Gasteiger partial charge is 0.497 e. The molecule has 33 heavy (non-hydrogen) atoms. The van der Waals surface area contributed by atoms with E-state index in [-0.39, 0.29) is 18.5 Å². The van der Waals surface area contributed by atoms with Gasteiger partial charge in [0.2, 0.25) is 21.8 Å². The van der Waals surface area contributed by atoms with Crippen LogP contribution in [0.1, 0.15) is 31.9 Å². The molecule has 2 rings (SSSR count). The molecule has 1 unspecified atom stereocenters. The molecule has 1 N–H and O–H groups in total. The third kappa shape index (κ3) is 7.49. The number of nitrogens with zero attached hydrogens (tertiary/aromatic N) is 2. The Kier molecular flexibility index (Phi) is 8.87. The van der Waals surface area contributed by atoms with Crippen molar-refractivity contribution < 1.29 is 22.7 Å². The Morgan fingerprint density at radius 3 is 2.21 bits per heavy atom. The Morgan fingerprint density at radius 2 is 1.70 bits per heavy atom. The molecule has 2 aromatic carbocycles. The Hall–Kier alpha value is -3.07. The summed E-state index contributed by atoms with van der Waals surface area (Å²) in [5.74, 6) is -0.218. The van der Waals surface area contributed by atoms with Crippen LogP contribution in [0.4, 0.5) is 5.69 Å². The number of carbonyl (C=O) groups is 2. The van der Waals surface area contributed by atoms with Gasteiger partial charge >= 0.3 is 0 Å². The van der Waals surface area contributed by atoms with Crippen molar-refractivity contribution in [3.8, 4) is 5.75 Å². The van der Waals surface area contributed by atoms with Crippen LogP contribution in [0.25, 0.3) is 0 Å². The van der Waals surface area contributed by atoms with Crippen LogP contribution in [0.5, 0.6) is 5.75 Å². The molecule has 0 aromatic heterocycles. The van der Waals surface area contributed by atoms with Gasteiger partial charge in [0.05, 0.1) is 19.1 Å². The van der Waals surface area contributed by atoms with Crippen molar-refractivity contribution in [2.75, 3.05) is 24.2 Å². The molecule has 180 valence electrons. The topological polar surface area (TPSA) is 96.0 Å². The zero-order valence-electron chi connectivity index (χ0n) is 20.0. The Labute approximate surface area is 196 Å². The highest BCUT2D eigenvalue weighted by Crippen LogP contribution is 2.22. The third-order valence-electron chi connectivity index (χ3n) is 5.07. The molecule has 0 spiro atoms. The molecular formula is C24H33N3O5S. The van der Waals surface area contributed by atoms with Crippen molar-refractivity contribution in [2.45, 2.75) is 46.3 Å². The highest BCUT2D eigenvalue weighted by molar-refractivity contribution is 7.92. The second-order valence-electron chi connectivity index (χ2n) is 8.32. The van der Waals surface area contributed by atoms with E-state index < -0.39 is 28.5 Å². The van der Waals surface area contributed by atoms with Crippen molar-refractivity contribution >= 4 is 27.5 Å². The predicted octanol–water partition coefficient (Wildman–Crippen LogP) is 2.71. The zero-order chi connectivity index (χ0) is 24.8. The fourth-order valence-electron chi connectivity index (χ4n) is 3.36. The highest BCUT2D eigenvalue weighted by atomic mass is 32.2. The van der Waals surface area contributed by atoms with Crippen LogP contribution in [-0.4, -0.2) is 57.1 Å². The molecule has 0 fully saturated rings. The number of hydrogen-bond acceptors (Lipinski definition) is 5. The van der Waals surface area contributed by atoms with Crippen molar-refractivity contribution in [3.05, 3.63) is 59.7 Å². The van der Waals surface area contributed by atoms with E-state index >= 15 is 0 Å². The minimum Gasteiger partial charge on any atom is -0.497 e. The van der Waals surface area contributed by atoms with Gasteiger partial charge in [-0.05, 0) is 57.5 Å². The van der Waals surface area contributed by atoms with Gasteiger partial charge in [-0.15, -0.1) is 0 Å². The van der Waals surface area contributed by atoms with E-state index in [1.54, 1.807) is 31.2 Å². The number of carbonyl (C=O) groups excluding carboxylic acids is 2. The van der Waals surface area contributed by atoms with Gasteiger partial charge in [0.1, 0.15) is 18.3 Å². The lowest BCUT2D eigenvalue weighted by Crippen LogP contribution is -2.52. The highest BCUT2D eigenvalue weighted by Gasteiger charge is 2.30. The summed E-state index contributed by atoms with van der Waals surface area (Å²) < 4.78 is 31.2. The number of benzene rings is 2. The molecule has 2 aromatic rings. The average Bonchev–Trinajstić information content (AvgIpc) is 2.74. The van der Waals surface area contributed by atoms with Gasteiger partial charge in [-0.1, -0.05) is 29.8 Å². The summed E-state index contributed by atoms with van der Waals surface area (Å²) in [7, 11) is -2.25. The summed E-state index contributed by atoms with van der Waals surface area (Å²) in [6.45, 7) is 7.01. The Balaban J connectivity index is 2.38. The molecule has 0 aliphatic carbocycles. The van der Waals surface area contributed by atoms with Gasteiger partial charge < -0.3 is 15.0 Å². The first-order chi connectivity index (χ1) is 15.4. The Morgan fingerprint density at radius 1 is 1.06 bits per heavy atom. The minimum absolute atomic E-state index is 0.0947. The van der Waals surface area contributed by atoms with Crippen LogP contribution >= 0.6 is 0 Å². The number of anilines is 1. The normalized spacial score (nSPS) is 12.2. The maximum atomic E-state index is 13.4. The van der Waals surface area contributed by atoms with Gasteiger partial charge in [0, 0.05) is 12.6 Å². The van der Waals surface area contributed by atoms with E-state index in [1.807, 2.05) is 45.0 Å². The van der Waals surface area contributed by atoms with E-state index in [1.165, 1.54) is 12.0 Å². The van der Waals surface area contributed by atoms with E-state index in [0.717, 1.165) is 21.7 Å². The number of nitrogens with one attached hydrogen (secondary N) is 1. The molecule has 0 bridgehead atoms. The van der Waals surface area contributed by atoms with E-state index in [2.05, 4.69) is 5.32 Å². The number of sulfonamides is 1. The molecule has 9 heteroatoms. The Bertz CT molecular complexity index is 1070. The second kappa shape index (κ2) is 11.2. The summed E-state index contributed by atoms with van der Waals surface area (Å²) in [6.07, 6.45) is 1.05. The SMILES string of the molecule is COc1ccc(N(CC(=O)N(Cc2cccc(C)c2)C(C)C(=O)NC(C)C)S(C)(=O)=O)cc1. The first-order valence-electron chi connectivity index (χ1n) is 10.7. The van der Waals surface area contributed by atoms with Crippen molar-refractivity contribution in [1.29, 1.82) is 0 Å². The first-order valence-corrected chi connectivity index (χ1v) is 12.5. The number of rotatable bonds is 10. The maximum Gasteiger partial charge on any atom is 0.244 e. The minimum atomic E-state index is -3.77. The van der Waals surface area contributed by atoms with Crippen molar-refractivity contribution in [2.24, 2.45) is 0 Å². The van der Waals surface area contributed by atoms with E-state index in [4.69, 9.17) is 4.74 Å². The molecule has 0 saturated heterocycles. The van der Waals surface area contributed by atoms with Crippen LogP contribution in [0.2, 0.25) is 0 Å². The summed E-state index contributed by atoms with van der Waals surface area (Å²) in [4.78, 5) is 27.6. The van der Waals surface area contributed by atoms with E-state index in [0.29, 0.717) is 11.4 Å². The second-order valence-corrected chi connectivity index (χ2v) is 10.2. The summed E-state index contributed by atoms with van der Waals surface area (Å²) in [5.41, 5.74) is 2.21. The van der Waals surface area contributed by atoms with E-state index in [9.17, 15) is 18.0 Å². The molecule has 0 heterocycles. The fourth-order valence-corrected chi connectivity index (χ4v) is 4.21. The number of aryl methyl sites for hydroxylation is 1. The van der Waals surface area contributed by atoms with Gasteiger partial charge in [0.25, 0.3) is 0 Å². The fraction of sp³-hybridized carbons (Fsp3) is 0.417. The zero-order valence-corrected chi connectivity index (χ0v) is 20.8. The molecule has 0 aliphatic heterocycles. The van der Waals surface area contributed by atoms with Crippen LogP contribution in [-0.2, 0) is 26.2 Å². The van der Waals surface area contributed by atoms with Crippen molar-refractivity contribution in [3.63, 3.8) is 0 Å². The summed E-state index contributed by atoms with van der Waals surface area (Å²) in [6, 6.07) is 13.2. The molecule has 8 nitrogen and oxygen atoms in total. The number of methoxy groups -OCH3 is 1. The van der Waals surface area contributed by atoms with Gasteiger partial charge in [0.15, 0.2) is 0 Å². The molecule has 0 aliphatic rings. The van der Waals surface area contributed by atoms with Crippen LogP contribution in [0.15, 0.2) is 48.5 Å². The van der Waals surface area contributed by atoms with Gasteiger partial charge in [-0.25, -0.2) is 8.42 Å². The molecule has 1 atom stereocenters. The lowest BCUT2D eigenvalue weighted by Gasteiger charge is -2.32. The lowest BCUT2D eigenvalue weighted by molar-refractivity contribution is -0.139. The van der Waals surface area contributed by atoms with Crippen molar-refractivity contribution in [1.82, 2.24) is 10.2 Å². The maximum absolute atomic E-state index is 13.4. The number of hydrogen-bond donors (Lipinski definition) is 1. The number of ether oxygens (including phenoxy) is 1. The smallest absolute Gasteiger partial charge is 0.244 e. The first kappa shape index (κ1) is 26.2. The molecule has 0 radical (unpaired) electrons.